The van der Waals surface area contributed by atoms with Crippen molar-refractivity contribution in [1.82, 2.24) is 4.98 Å². The summed E-state index contributed by atoms with van der Waals surface area (Å²) in [4.78, 5) is 29.4. The smallest absolute Gasteiger partial charge is 0.335 e. The van der Waals surface area contributed by atoms with Crippen LogP contribution in [0.25, 0.3) is 21.9 Å². The summed E-state index contributed by atoms with van der Waals surface area (Å²) in [5.41, 5.74) is 2.05. The average molecular weight is 525 g/mol. The molecule has 2 heterocycles. The number of thioether (sulfide) groups is 1. The SMILES string of the molecule is CC(C)(Sc1ccncc1-c1ccc(C#N)c2ccccc12)C(=O)O[C@@H]1O[C@H](C(=O)O)[C@@H](O)[C@H](O)[C@H]1O. The van der Waals surface area contributed by atoms with Crippen LogP contribution in [0.2, 0.25) is 0 Å². The number of ether oxygens (including phenoxy) is 2. The predicted octanol–water partition coefficient (Wildman–Crippen LogP) is 2.08. The Bertz CT molecular complexity index is 1390. The third-order valence-electron chi connectivity index (χ3n) is 6.01. The van der Waals surface area contributed by atoms with Gasteiger partial charge in [-0.25, -0.2) is 4.79 Å². The number of benzene rings is 2. The summed E-state index contributed by atoms with van der Waals surface area (Å²) >= 11 is 1.15. The van der Waals surface area contributed by atoms with E-state index in [0.29, 0.717) is 16.0 Å². The van der Waals surface area contributed by atoms with Crippen molar-refractivity contribution in [3.05, 3.63) is 60.4 Å². The molecule has 1 saturated heterocycles. The van der Waals surface area contributed by atoms with Crippen molar-refractivity contribution < 1.29 is 39.5 Å². The molecule has 3 aromatic rings. The summed E-state index contributed by atoms with van der Waals surface area (Å²) < 4.78 is 9.08. The number of nitrogens with zero attached hydrogens (tertiary/aromatic N) is 2. The molecule has 192 valence electrons. The average Bonchev–Trinajstić information content (AvgIpc) is 2.88. The Kier molecular flexibility index (Phi) is 7.49. The number of aliphatic hydroxyl groups is 3. The highest BCUT2D eigenvalue weighted by molar-refractivity contribution is 8.01. The molecule has 0 saturated carbocycles. The summed E-state index contributed by atoms with van der Waals surface area (Å²) in [6.45, 7) is 3.16. The maximum absolute atomic E-state index is 13.1. The third kappa shape index (κ3) is 5.16. The monoisotopic (exact) mass is 524 g/mol. The number of carboxylic acid groups (broad SMARTS) is 1. The van der Waals surface area contributed by atoms with E-state index < -0.39 is 47.4 Å². The van der Waals surface area contributed by atoms with Gasteiger partial charge in [-0.05, 0) is 36.9 Å². The number of pyridine rings is 1. The fraction of sp³-hybridized carbons (Fsp3) is 0.308. The van der Waals surface area contributed by atoms with Gasteiger partial charge in [0.1, 0.15) is 23.1 Å². The molecule has 1 fully saturated rings. The molecule has 0 unspecified atom stereocenters. The minimum Gasteiger partial charge on any atom is -0.479 e. The Hall–Kier alpha value is -3.53. The summed E-state index contributed by atoms with van der Waals surface area (Å²) in [5, 5.41) is 50.4. The summed E-state index contributed by atoms with van der Waals surface area (Å²) in [7, 11) is 0. The molecule has 11 heteroatoms. The molecule has 0 aliphatic carbocycles. The van der Waals surface area contributed by atoms with E-state index in [1.807, 2.05) is 30.3 Å². The lowest BCUT2D eigenvalue weighted by Crippen LogP contribution is -2.61. The van der Waals surface area contributed by atoms with Gasteiger partial charge in [-0.2, -0.15) is 5.26 Å². The molecular formula is C26H24N2O8S. The van der Waals surface area contributed by atoms with Gasteiger partial charge in [-0.3, -0.25) is 9.78 Å². The van der Waals surface area contributed by atoms with E-state index in [1.54, 1.807) is 38.4 Å². The van der Waals surface area contributed by atoms with Crippen LogP contribution in [0.5, 0.6) is 0 Å². The van der Waals surface area contributed by atoms with Gasteiger partial charge in [0.05, 0.1) is 11.6 Å². The standard InChI is InChI=1S/C26H24N2O8S/c1-26(2,25(34)36-24-21(31)19(29)20(30)22(35-24)23(32)33)37-18-9-10-28-12-17(18)16-8-7-13(11-27)14-5-3-4-6-15(14)16/h3-10,12,19-22,24,29-31H,1-2H3,(H,32,33)/t19-,20-,21+,22-,24-/m0/s1. The van der Waals surface area contributed by atoms with Crippen LogP contribution in [0, 0.1) is 11.3 Å². The number of nitriles is 1. The van der Waals surface area contributed by atoms with Gasteiger partial charge in [0.15, 0.2) is 6.10 Å². The van der Waals surface area contributed by atoms with Gasteiger partial charge < -0.3 is 29.9 Å². The maximum atomic E-state index is 13.1. The zero-order valence-corrected chi connectivity index (χ0v) is 20.6. The minimum atomic E-state index is -1.90. The lowest BCUT2D eigenvalue weighted by molar-refractivity contribution is -0.286. The van der Waals surface area contributed by atoms with Gasteiger partial charge in [-0.15, -0.1) is 11.8 Å². The summed E-state index contributed by atoms with van der Waals surface area (Å²) in [6.07, 6.45) is -6.10. The molecule has 4 rings (SSSR count). The number of rotatable bonds is 6. The summed E-state index contributed by atoms with van der Waals surface area (Å²) in [6, 6.07) is 14.9. The van der Waals surface area contributed by atoms with Gasteiger partial charge in [0, 0.05) is 28.2 Å². The first-order valence-corrected chi connectivity index (χ1v) is 12.1. The van der Waals surface area contributed by atoms with Crippen LogP contribution < -0.4 is 0 Å². The molecule has 1 aliphatic rings. The molecule has 0 spiro atoms. The molecule has 37 heavy (non-hydrogen) atoms. The fourth-order valence-electron chi connectivity index (χ4n) is 4.02. The molecule has 1 aromatic heterocycles. The quantitative estimate of drug-likeness (QED) is 0.275. The van der Waals surface area contributed by atoms with Crippen LogP contribution in [0.3, 0.4) is 0 Å². The predicted molar refractivity (Wildman–Crippen MR) is 132 cm³/mol. The molecular weight excluding hydrogens is 500 g/mol. The Balaban J connectivity index is 1.62. The number of aliphatic hydroxyl groups excluding tert-OH is 3. The Morgan fingerprint density at radius 1 is 1.03 bits per heavy atom. The van der Waals surface area contributed by atoms with Crippen LogP contribution in [-0.2, 0) is 19.1 Å². The van der Waals surface area contributed by atoms with Crippen LogP contribution in [0.1, 0.15) is 19.4 Å². The van der Waals surface area contributed by atoms with Gasteiger partial charge in [-0.1, -0.05) is 30.3 Å². The zero-order valence-electron chi connectivity index (χ0n) is 19.8. The number of carboxylic acids is 1. The maximum Gasteiger partial charge on any atom is 0.335 e. The van der Waals surface area contributed by atoms with E-state index >= 15 is 0 Å². The second kappa shape index (κ2) is 10.5. The molecule has 4 N–H and O–H groups in total. The minimum absolute atomic E-state index is 0.527. The van der Waals surface area contributed by atoms with Gasteiger partial charge >= 0.3 is 11.9 Å². The highest BCUT2D eigenvalue weighted by atomic mass is 32.2. The lowest BCUT2D eigenvalue weighted by atomic mass is 9.96. The first-order chi connectivity index (χ1) is 17.5. The largest absolute Gasteiger partial charge is 0.479 e. The van der Waals surface area contributed by atoms with Crippen molar-refractivity contribution in [2.75, 3.05) is 0 Å². The van der Waals surface area contributed by atoms with Crippen LogP contribution >= 0.6 is 11.8 Å². The van der Waals surface area contributed by atoms with Crippen LogP contribution in [0.15, 0.2) is 59.8 Å². The number of carbonyl (C=O) groups is 2. The molecule has 10 nitrogen and oxygen atoms in total. The van der Waals surface area contributed by atoms with Crippen molar-refractivity contribution in [2.45, 2.75) is 54.2 Å². The normalized spacial score (nSPS) is 23.8. The highest BCUT2D eigenvalue weighted by Gasteiger charge is 2.49. The second-order valence-electron chi connectivity index (χ2n) is 8.94. The van der Waals surface area contributed by atoms with Crippen molar-refractivity contribution >= 4 is 34.5 Å². The summed E-state index contributed by atoms with van der Waals surface area (Å²) in [5.74, 6) is -2.43. The van der Waals surface area contributed by atoms with E-state index in [1.165, 1.54) is 0 Å². The highest BCUT2D eigenvalue weighted by Crippen LogP contribution is 2.42. The van der Waals surface area contributed by atoms with E-state index in [0.717, 1.165) is 28.1 Å². The number of hydrogen-bond acceptors (Lipinski definition) is 10. The number of aromatic nitrogens is 1. The van der Waals surface area contributed by atoms with Gasteiger partial charge in [0.25, 0.3) is 0 Å². The topological polar surface area (TPSA) is 170 Å². The number of esters is 1. The molecule has 0 radical (unpaired) electrons. The van der Waals surface area contributed by atoms with Crippen molar-refractivity contribution in [1.29, 1.82) is 5.26 Å². The Morgan fingerprint density at radius 2 is 1.73 bits per heavy atom. The van der Waals surface area contributed by atoms with Crippen LogP contribution in [0.4, 0.5) is 0 Å². The van der Waals surface area contributed by atoms with E-state index in [-0.39, 0.29) is 0 Å². The second-order valence-corrected chi connectivity index (χ2v) is 10.6. The van der Waals surface area contributed by atoms with E-state index in [9.17, 15) is 35.3 Å². The molecule has 0 amide bonds. The molecule has 5 atom stereocenters. The fourth-order valence-corrected chi connectivity index (χ4v) is 5.10. The van der Waals surface area contributed by atoms with Crippen molar-refractivity contribution in [3.63, 3.8) is 0 Å². The number of aliphatic carboxylic acids is 1. The first kappa shape index (κ1) is 26.5. The van der Waals surface area contributed by atoms with E-state index in [4.69, 9.17) is 9.47 Å². The van der Waals surface area contributed by atoms with E-state index in [2.05, 4.69) is 11.1 Å². The van der Waals surface area contributed by atoms with Gasteiger partial charge in [0.2, 0.25) is 6.29 Å². The Morgan fingerprint density at radius 3 is 2.41 bits per heavy atom. The Labute approximate surface area is 216 Å². The number of carbonyl (C=O) groups excluding carboxylic acids is 1. The first-order valence-electron chi connectivity index (χ1n) is 11.2. The zero-order chi connectivity index (χ0) is 26.9. The number of hydrogen-bond donors (Lipinski definition) is 4. The number of fused-ring (bicyclic) bond motifs is 1. The third-order valence-corrected chi connectivity index (χ3v) is 7.26. The molecule has 1 aliphatic heterocycles. The van der Waals surface area contributed by atoms with Crippen molar-refractivity contribution in [2.24, 2.45) is 0 Å². The van der Waals surface area contributed by atoms with Crippen molar-refractivity contribution in [3.8, 4) is 17.2 Å². The molecule has 0 bridgehead atoms. The lowest BCUT2D eigenvalue weighted by Gasteiger charge is -2.39. The molecule has 2 aromatic carbocycles. The van der Waals surface area contributed by atoms with Crippen LogP contribution in [-0.4, -0.2) is 72.8 Å².